The summed E-state index contributed by atoms with van der Waals surface area (Å²) >= 11 is 0. The Morgan fingerprint density at radius 2 is 1.89 bits per heavy atom. The van der Waals surface area contributed by atoms with Crippen LogP contribution in [0.4, 0.5) is 17.6 Å². The first-order valence-electron chi connectivity index (χ1n) is 5.12. The molecule has 1 amide bonds. The number of hydrogen-bond acceptors (Lipinski definition) is 2. The average molecular weight is 301 g/mol. The third-order valence-corrected chi connectivity index (χ3v) is 2.19. The Balaban J connectivity index is 0.00000324. The van der Waals surface area contributed by atoms with Gasteiger partial charge in [0.2, 0.25) is 5.91 Å². The molecule has 3 nitrogen and oxygen atoms in total. The zero-order chi connectivity index (χ0) is 13.8. The van der Waals surface area contributed by atoms with Crippen molar-refractivity contribution in [2.24, 2.45) is 5.73 Å². The summed E-state index contributed by atoms with van der Waals surface area (Å²) in [5.41, 5.74) is 4.99. The molecule has 108 valence electrons. The van der Waals surface area contributed by atoms with E-state index in [4.69, 9.17) is 5.73 Å². The number of carbonyl (C=O) groups excluding carboxylic acids is 1. The zero-order valence-electron chi connectivity index (χ0n) is 9.76. The van der Waals surface area contributed by atoms with Crippen molar-refractivity contribution in [2.45, 2.75) is 12.3 Å². The summed E-state index contributed by atoms with van der Waals surface area (Å²) < 4.78 is 50.9. The first kappa shape index (κ1) is 17.7. The van der Waals surface area contributed by atoms with E-state index in [2.05, 4.69) is 0 Å². The van der Waals surface area contributed by atoms with Gasteiger partial charge in [-0.25, -0.2) is 17.6 Å². The number of hydrogen-bond donors (Lipinski definition) is 2. The fraction of sp³-hybridized carbons (Fsp3) is 0.364. The molecule has 1 aromatic rings. The van der Waals surface area contributed by atoms with Crippen LogP contribution in [0.5, 0.6) is 0 Å². The van der Waals surface area contributed by atoms with Crippen molar-refractivity contribution >= 4 is 18.3 Å². The largest absolute Gasteiger partial charge is 0.350 e. The van der Waals surface area contributed by atoms with Crippen LogP contribution >= 0.6 is 12.4 Å². The molecule has 3 N–H and O–H groups in total. The maximum Gasteiger partial charge on any atom is 0.277 e. The first-order chi connectivity index (χ1) is 8.34. The molecule has 19 heavy (non-hydrogen) atoms. The molecule has 0 aliphatic carbocycles. The second-order valence-corrected chi connectivity index (χ2v) is 3.76. The molecule has 0 aliphatic rings. The molecule has 1 aromatic carbocycles. The smallest absolute Gasteiger partial charge is 0.277 e. The fourth-order valence-electron chi connectivity index (χ4n) is 1.20. The topological polar surface area (TPSA) is 55.1 Å². The zero-order valence-corrected chi connectivity index (χ0v) is 10.6. The van der Waals surface area contributed by atoms with Crippen molar-refractivity contribution in [3.05, 3.63) is 35.4 Å². The van der Waals surface area contributed by atoms with Gasteiger partial charge in [-0.05, 0) is 17.7 Å². The Kier molecular flexibility index (Phi) is 6.78. The Morgan fingerprint density at radius 1 is 1.26 bits per heavy atom. The summed E-state index contributed by atoms with van der Waals surface area (Å²) in [7, 11) is 0. The predicted molar refractivity (Wildman–Crippen MR) is 64.3 cm³/mol. The van der Waals surface area contributed by atoms with E-state index in [1.165, 1.54) is 6.07 Å². The average Bonchev–Trinajstić information content (AvgIpc) is 2.32. The lowest BCUT2D eigenvalue weighted by molar-refractivity contribution is -0.122. The van der Waals surface area contributed by atoms with Gasteiger partial charge in [0, 0.05) is 0 Å². The molecule has 8 heteroatoms. The Labute approximate surface area is 113 Å². The number of rotatable bonds is 5. The summed E-state index contributed by atoms with van der Waals surface area (Å²) in [6, 6.07) is 2.92. The van der Waals surface area contributed by atoms with Crippen molar-refractivity contribution < 1.29 is 22.4 Å². The van der Waals surface area contributed by atoms with Gasteiger partial charge in [0.1, 0.15) is 0 Å². The summed E-state index contributed by atoms with van der Waals surface area (Å²) in [6.07, 6.45) is -0.308. The van der Waals surface area contributed by atoms with Gasteiger partial charge in [-0.1, -0.05) is 6.07 Å². The number of nitrogens with one attached hydrogen (secondary N) is 1. The van der Waals surface area contributed by atoms with Crippen LogP contribution < -0.4 is 11.1 Å². The highest BCUT2D eigenvalue weighted by atomic mass is 35.5. The minimum Gasteiger partial charge on any atom is -0.350 e. The van der Waals surface area contributed by atoms with Gasteiger partial charge in [0.15, 0.2) is 11.6 Å². The van der Waals surface area contributed by atoms with E-state index in [0.29, 0.717) is 0 Å². The van der Waals surface area contributed by atoms with Crippen LogP contribution in [0.3, 0.4) is 0 Å². The van der Waals surface area contributed by atoms with Crippen LogP contribution in [0.1, 0.15) is 5.56 Å². The molecule has 0 radical (unpaired) electrons. The maximum absolute atomic E-state index is 12.8. The highest BCUT2D eigenvalue weighted by Gasteiger charge is 2.27. The van der Waals surface area contributed by atoms with E-state index >= 15 is 0 Å². The van der Waals surface area contributed by atoms with Crippen molar-refractivity contribution in [3.63, 3.8) is 0 Å². The van der Waals surface area contributed by atoms with Gasteiger partial charge in [-0.15, -0.1) is 12.4 Å². The predicted octanol–water partition coefficient (Wildman–Crippen LogP) is 1.64. The molecule has 0 heterocycles. The molecule has 0 aliphatic heterocycles. The van der Waals surface area contributed by atoms with Crippen LogP contribution in [-0.4, -0.2) is 24.9 Å². The molecule has 0 spiro atoms. The number of nitrogens with two attached hydrogens (primary N) is 1. The third-order valence-electron chi connectivity index (χ3n) is 2.19. The van der Waals surface area contributed by atoms with E-state index in [-0.39, 0.29) is 24.4 Å². The van der Waals surface area contributed by atoms with Crippen LogP contribution in [0.15, 0.2) is 18.2 Å². The molecule has 0 bridgehead atoms. The van der Waals surface area contributed by atoms with Gasteiger partial charge in [0.05, 0.1) is 19.5 Å². The van der Waals surface area contributed by atoms with E-state index in [0.717, 1.165) is 12.1 Å². The summed E-state index contributed by atoms with van der Waals surface area (Å²) in [4.78, 5) is 11.3. The molecule has 0 aromatic heterocycles. The number of alkyl halides is 2. The Morgan fingerprint density at radius 3 is 2.42 bits per heavy atom. The summed E-state index contributed by atoms with van der Waals surface area (Å²) in [6.45, 7) is -1.76. The maximum atomic E-state index is 12.8. The standard InChI is InChI=1S/C11H12F4N2O.ClH/c12-8-2-1-7(3-9(8)13)4-10(18)17-6-11(14,15)5-16;/h1-3H,4-6,16H2,(H,17,18);1H. The highest BCUT2D eigenvalue weighted by Crippen LogP contribution is 2.10. The minimum absolute atomic E-state index is 0. The van der Waals surface area contributed by atoms with Gasteiger partial charge in [-0.2, -0.15) is 0 Å². The Hall–Kier alpha value is -1.34. The molecule has 1 rings (SSSR count). The lowest BCUT2D eigenvalue weighted by Crippen LogP contribution is -2.42. The van der Waals surface area contributed by atoms with Gasteiger partial charge in [-0.3, -0.25) is 4.79 Å². The van der Waals surface area contributed by atoms with Crippen LogP contribution in [0.2, 0.25) is 0 Å². The van der Waals surface area contributed by atoms with Crippen molar-refractivity contribution in [2.75, 3.05) is 13.1 Å². The van der Waals surface area contributed by atoms with Gasteiger partial charge in [0.25, 0.3) is 5.92 Å². The molecular formula is C11H13ClF4N2O. The first-order valence-corrected chi connectivity index (χ1v) is 5.12. The van der Waals surface area contributed by atoms with Crippen molar-refractivity contribution in [1.29, 1.82) is 0 Å². The summed E-state index contributed by atoms with van der Waals surface area (Å²) in [5, 5.41) is 1.97. The van der Waals surface area contributed by atoms with E-state index in [9.17, 15) is 22.4 Å². The second kappa shape index (κ2) is 7.30. The molecule has 0 atom stereocenters. The summed E-state index contributed by atoms with van der Waals surface area (Å²) in [5.74, 6) is -6.01. The van der Waals surface area contributed by atoms with Crippen LogP contribution in [-0.2, 0) is 11.2 Å². The van der Waals surface area contributed by atoms with Crippen LogP contribution in [0, 0.1) is 11.6 Å². The van der Waals surface area contributed by atoms with Crippen molar-refractivity contribution in [3.8, 4) is 0 Å². The number of benzene rings is 1. The number of halogens is 5. The number of amides is 1. The van der Waals surface area contributed by atoms with E-state index < -0.39 is 36.6 Å². The van der Waals surface area contributed by atoms with Gasteiger partial charge >= 0.3 is 0 Å². The Bertz CT molecular complexity index is 443. The third kappa shape index (κ3) is 5.89. The second-order valence-electron chi connectivity index (χ2n) is 3.76. The van der Waals surface area contributed by atoms with E-state index in [1.54, 1.807) is 0 Å². The normalized spacial score (nSPS) is 10.8. The van der Waals surface area contributed by atoms with Crippen molar-refractivity contribution in [1.82, 2.24) is 5.32 Å². The number of carbonyl (C=O) groups is 1. The molecule has 0 saturated heterocycles. The van der Waals surface area contributed by atoms with E-state index in [1.807, 2.05) is 5.32 Å². The van der Waals surface area contributed by atoms with Crippen LogP contribution in [0.25, 0.3) is 0 Å². The minimum atomic E-state index is -3.18. The SMILES string of the molecule is Cl.NCC(F)(F)CNC(=O)Cc1ccc(F)c(F)c1. The molecule has 0 unspecified atom stereocenters. The lowest BCUT2D eigenvalue weighted by Gasteiger charge is -2.14. The fourth-order valence-corrected chi connectivity index (χ4v) is 1.20. The molecular weight excluding hydrogens is 288 g/mol. The molecule has 0 saturated carbocycles. The quantitative estimate of drug-likeness (QED) is 0.812. The highest BCUT2D eigenvalue weighted by molar-refractivity contribution is 5.85. The van der Waals surface area contributed by atoms with Gasteiger partial charge < -0.3 is 11.1 Å². The lowest BCUT2D eigenvalue weighted by atomic mass is 10.1. The molecule has 0 fully saturated rings. The monoisotopic (exact) mass is 300 g/mol.